The zero-order chi connectivity index (χ0) is 15.9. The second-order valence-electron chi connectivity index (χ2n) is 6.11. The Kier molecular flexibility index (Phi) is 6.95. The smallest absolute Gasteiger partial charge is 0.223 e. The van der Waals surface area contributed by atoms with Gasteiger partial charge in [0.05, 0.1) is 0 Å². The van der Waals surface area contributed by atoms with Crippen LogP contribution < -0.4 is 11.1 Å². The fourth-order valence-corrected chi connectivity index (χ4v) is 2.85. The summed E-state index contributed by atoms with van der Waals surface area (Å²) in [6.45, 7) is 5.80. The van der Waals surface area contributed by atoms with Crippen molar-refractivity contribution in [3.05, 3.63) is 0 Å². The third-order valence-corrected chi connectivity index (χ3v) is 4.57. The maximum absolute atomic E-state index is 12.5. The van der Waals surface area contributed by atoms with Crippen LogP contribution in [-0.4, -0.2) is 47.5 Å². The third-order valence-electron chi connectivity index (χ3n) is 4.57. The summed E-state index contributed by atoms with van der Waals surface area (Å²) in [5.41, 5.74) is 5.19. The first-order chi connectivity index (χ1) is 9.99. The molecule has 0 aromatic rings. The molecule has 0 aromatic carbocycles. The van der Waals surface area contributed by atoms with Gasteiger partial charge >= 0.3 is 0 Å². The maximum Gasteiger partial charge on any atom is 0.223 e. The Balaban J connectivity index is 2.79. The molecule has 1 heterocycles. The highest BCUT2D eigenvalue weighted by atomic mass is 16.4. The molecule has 4 N–H and O–H groups in total. The van der Waals surface area contributed by atoms with E-state index < -0.39 is 5.54 Å². The number of carbonyl (C=O) groups is 1. The molecule has 1 aliphatic heterocycles. The molecule has 6 heteroatoms. The molecule has 21 heavy (non-hydrogen) atoms. The monoisotopic (exact) mass is 298 g/mol. The molecule has 1 rings (SSSR count). The first-order valence-corrected chi connectivity index (χ1v) is 7.97. The first kappa shape index (κ1) is 17.8. The number of likely N-dealkylation sites (tertiary alicyclic amines) is 1. The standard InChI is InChI=1S/C15H30N4O2/c1-4-6-7-12(5-2)13(20)17-15(14(16)18-21)8-10-19(3)11-9-15/h12,21H,4-11H2,1-3H3,(H2,16,18)(H,17,20). The van der Waals surface area contributed by atoms with E-state index in [9.17, 15) is 4.79 Å². The molecule has 0 aliphatic carbocycles. The summed E-state index contributed by atoms with van der Waals surface area (Å²) in [6.07, 6.45) is 5.19. The Labute approximate surface area is 127 Å². The minimum Gasteiger partial charge on any atom is -0.409 e. The molecular weight excluding hydrogens is 268 g/mol. The van der Waals surface area contributed by atoms with E-state index in [-0.39, 0.29) is 17.7 Å². The lowest BCUT2D eigenvalue weighted by Crippen LogP contribution is -2.62. The fourth-order valence-electron chi connectivity index (χ4n) is 2.85. The molecule has 0 aromatic heterocycles. The van der Waals surface area contributed by atoms with E-state index in [2.05, 4.69) is 22.3 Å². The van der Waals surface area contributed by atoms with E-state index >= 15 is 0 Å². The average molecular weight is 298 g/mol. The fraction of sp³-hybridized carbons (Fsp3) is 0.867. The minimum atomic E-state index is -0.696. The Hall–Kier alpha value is -1.30. The number of amides is 1. The van der Waals surface area contributed by atoms with Crippen molar-refractivity contribution >= 4 is 11.7 Å². The van der Waals surface area contributed by atoms with Crippen molar-refractivity contribution in [2.45, 2.75) is 57.9 Å². The normalized spacial score (nSPS) is 21.0. The molecule has 0 spiro atoms. The number of carbonyl (C=O) groups excluding carboxylic acids is 1. The topological polar surface area (TPSA) is 91.0 Å². The van der Waals surface area contributed by atoms with Crippen LogP contribution >= 0.6 is 0 Å². The molecule has 6 nitrogen and oxygen atoms in total. The van der Waals surface area contributed by atoms with Crippen LogP contribution in [0.1, 0.15) is 52.4 Å². The number of nitrogens with one attached hydrogen (secondary N) is 1. The van der Waals surface area contributed by atoms with Crippen molar-refractivity contribution in [3.63, 3.8) is 0 Å². The van der Waals surface area contributed by atoms with Crippen LogP contribution in [0.2, 0.25) is 0 Å². The van der Waals surface area contributed by atoms with E-state index in [1.165, 1.54) is 0 Å². The summed E-state index contributed by atoms with van der Waals surface area (Å²) in [4.78, 5) is 14.7. The molecule has 0 radical (unpaired) electrons. The van der Waals surface area contributed by atoms with Gasteiger partial charge in [-0.15, -0.1) is 0 Å². The lowest BCUT2D eigenvalue weighted by molar-refractivity contribution is -0.127. The van der Waals surface area contributed by atoms with E-state index in [0.717, 1.165) is 38.8 Å². The second-order valence-corrected chi connectivity index (χ2v) is 6.11. The first-order valence-electron chi connectivity index (χ1n) is 7.97. The molecule has 122 valence electrons. The SMILES string of the molecule is CCCCC(CC)C(=O)NC1(/C(N)=N/O)CCN(C)CC1. The van der Waals surface area contributed by atoms with Crippen molar-refractivity contribution in [1.82, 2.24) is 10.2 Å². The van der Waals surface area contributed by atoms with Gasteiger partial charge in [-0.3, -0.25) is 4.79 Å². The number of piperidine rings is 1. The Morgan fingerprint density at radius 3 is 2.52 bits per heavy atom. The Morgan fingerprint density at radius 2 is 2.05 bits per heavy atom. The van der Waals surface area contributed by atoms with Gasteiger partial charge in [-0.1, -0.05) is 31.8 Å². The van der Waals surface area contributed by atoms with Gasteiger partial charge in [-0.25, -0.2) is 0 Å². The van der Waals surface area contributed by atoms with Crippen molar-refractivity contribution in [1.29, 1.82) is 0 Å². The van der Waals surface area contributed by atoms with E-state index in [0.29, 0.717) is 12.8 Å². The predicted molar refractivity (Wildman–Crippen MR) is 84.3 cm³/mol. The van der Waals surface area contributed by atoms with Gasteiger partial charge < -0.3 is 21.2 Å². The van der Waals surface area contributed by atoms with Crippen molar-refractivity contribution < 1.29 is 10.0 Å². The highest BCUT2D eigenvalue weighted by molar-refractivity contribution is 5.94. The van der Waals surface area contributed by atoms with Crippen LogP contribution in [0.4, 0.5) is 0 Å². The molecule has 1 unspecified atom stereocenters. The zero-order valence-corrected chi connectivity index (χ0v) is 13.6. The van der Waals surface area contributed by atoms with Crippen molar-refractivity contribution in [3.8, 4) is 0 Å². The predicted octanol–water partition coefficient (Wildman–Crippen LogP) is 1.53. The second kappa shape index (κ2) is 8.22. The van der Waals surface area contributed by atoms with Gasteiger partial charge in [-0.2, -0.15) is 0 Å². The molecule has 1 fully saturated rings. The number of oxime groups is 1. The largest absolute Gasteiger partial charge is 0.409 e. The third kappa shape index (κ3) is 4.59. The van der Waals surface area contributed by atoms with Crippen LogP contribution in [-0.2, 0) is 4.79 Å². The summed E-state index contributed by atoms with van der Waals surface area (Å²) in [6, 6.07) is 0. The molecule has 1 atom stereocenters. The minimum absolute atomic E-state index is 0.00738. The molecule has 0 saturated carbocycles. The van der Waals surface area contributed by atoms with Gasteiger partial charge in [0, 0.05) is 19.0 Å². The van der Waals surface area contributed by atoms with E-state index in [1.54, 1.807) is 0 Å². The number of rotatable bonds is 7. The molecular formula is C15H30N4O2. The van der Waals surface area contributed by atoms with Crippen LogP contribution in [0.15, 0.2) is 5.16 Å². The lowest BCUT2D eigenvalue weighted by atomic mass is 9.85. The molecule has 1 amide bonds. The number of hydrogen-bond acceptors (Lipinski definition) is 4. The summed E-state index contributed by atoms with van der Waals surface area (Å²) in [7, 11) is 2.04. The van der Waals surface area contributed by atoms with Crippen LogP contribution in [0, 0.1) is 5.92 Å². The quantitative estimate of drug-likeness (QED) is 0.288. The zero-order valence-electron chi connectivity index (χ0n) is 13.6. The van der Waals surface area contributed by atoms with Gasteiger partial charge in [0.2, 0.25) is 5.91 Å². The van der Waals surface area contributed by atoms with E-state index in [4.69, 9.17) is 10.9 Å². The summed E-state index contributed by atoms with van der Waals surface area (Å²) < 4.78 is 0. The van der Waals surface area contributed by atoms with Gasteiger partial charge in [0.25, 0.3) is 0 Å². The highest BCUT2D eigenvalue weighted by Crippen LogP contribution is 2.24. The lowest BCUT2D eigenvalue weighted by Gasteiger charge is -2.40. The summed E-state index contributed by atoms with van der Waals surface area (Å²) >= 11 is 0. The Morgan fingerprint density at radius 1 is 1.43 bits per heavy atom. The van der Waals surface area contributed by atoms with E-state index in [1.807, 2.05) is 14.0 Å². The number of nitrogens with zero attached hydrogens (tertiary/aromatic N) is 2. The number of amidine groups is 1. The number of unbranched alkanes of at least 4 members (excludes halogenated alkanes) is 1. The summed E-state index contributed by atoms with van der Waals surface area (Å²) in [5, 5.41) is 15.3. The van der Waals surface area contributed by atoms with Gasteiger partial charge in [0.1, 0.15) is 5.54 Å². The van der Waals surface area contributed by atoms with Gasteiger partial charge in [-0.05, 0) is 32.7 Å². The highest BCUT2D eigenvalue weighted by Gasteiger charge is 2.40. The average Bonchev–Trinajstić information content (AvgIpc) is 2.49. The Bertz CT molecular complexity index is 363. The summed E-state index contributed by atoms with van der Waals surface area (Å²) in [5.74, 6) is 0.157. The van der Waals surface area contributed by atoms with Crippen LogP contribution in [0.3, 0.4) is 0 Å². The van der Waals surface area contributed by atoms with Crippen molar-refractivity contribution in [2.24, 2.45) is 16.8 Å². The number of nitrogens with two attached hydrogens (primary N) is 1. The molecule has 1 aliphatic rings. The van der Waals surface area contributed by atoms with Crippen LogP contribution in [0.25, 0.3) is 0 Å². The molecule has 0 bridgehead atoms. The van der Waals surface area contributed by atoms with Gasteiger partial charge in [0.15, 0.2) is 5.84 Å². The molecule has 1 saturated heterocycles. The van der Waals surface area contributed by atoms with Crippen LogP contribution in [0.5, 0.6) is 0 Å². The number of hydrogen-bond donors (Lipinski definition) is 3. The van der Waals surface area contributed by atoms with Crippen molar-refractivity contribution in [2.75, 3.05) is 20.1 Å². The maximum atomic E-state index is 12.5.